The van der Waals surface area contributed by atoms with Crippen LogP contribution < -0.4 is 5.32 Å². The molecule has 4 saturated carbocycles. The summed E-state index contributed by atoms with van der Waals surface area (Å²) in [6.07, 6.45) is 7.15. The number of benzene rings is 1. The van der Waals surface area contributed by atoms with E-state index in [1.165, 1.54) is 37.7 Å². The van der Waals surface area contributed by atoms with E-state index in [9.17, 15) is 4.39 Å². The van der Waals surface area contributed by atoms with Gasteiger partial charge in [0.1, 0.15) is 5.82 Å². The van der Waals surface area contributed by atoms with Gasteiger partial charge in [-0.2, -0.15) is 0 Å². The fraction of sp³-hybridized carbons (Fsp3) is 0.667. The molecule has 0 radical (unpaired) electrons. The fourth-order valence-corrected chi connectivity index (χ4v) is 5.36. The lowest BCUT2D eigenvalue weighted by Gasteiger charge is -2.21. The molecule has 4 aliphatic carbocycles. The molecule has 1 aromatic rings. The number of fused-ring (bicyclic) bond motifs is 5. The highest BCUT2D eigenvalue weighted by molar-refractivity contribution is 5.25. The van der Waals surface area contributed by atoms with E-state index in [-0.39, 0.29) is 5.82 Å². The minimum atomic E-state index is -0.121. The molecule has 1 aromatic carbocycles. The Morgan fingerprint density at radius 3 is 2.20 bits per heavy atom. The second-order valence-electron chi connectivity index (χ2n) is 7.55. The van der Waals surface area contributed by atoms with E-state index < -0.39 is 0 Å². The molecule has 0 saturated heterocycles. The van der Waals surface area contributed by atoms with E-state index in [0.717, 1.165) is 35.6 Å². The van der Waals surface area contributed by atoms with Crippen LogP contribution >= 0.6 is 0 Å². The first-order valence-corrected chi connectivity index (χ1v) is 8.33. The van der Waals surface area contributed by atoms with Gasteiger partial charge in [0.15, 0.2) is 0 Å². The molecule has 5 atom stereocenters. The molecular weight excluding hydrogens is 249 g/mol. The molecule has 106 valence electrons. The van der Waals surface area contributed by atoms with E-state index >= 15 is 0 Å². The Morgan fingerprint density at radius 1 is 0.950 bits per heavy atom. The Hall–Kier alpha value is -0.890. The maximum atomic E-state index is 13.1. The van der Waals surface area contributed by atoms with Gasteiger partial charge in [-0.1, -0.05) is 12.1 Å². The molecule has 4 aliphatic rings. The first-order valence-electron chi connectivity index (χ1n) is 8.33. The fourth-order valence-electron chi connectivity index (χ4n) is 5.36. The van der Waals surface area contributed by atoms with Gasteiger partial charge in [-0.15, -0.1) is 0 Å². The van der Waals surface area contributed by atoms with Crippen molar-refractivity contribution in [3.63, 3.8) is 0 Å². The van der Waals surface area contributed by atoms with Crippen LogP contribution in [0.1, 0.15) is 43.7 Å². The van der Waals surface area contributed by atoms with Gasteiger partial charge in [-0.25, -0.2) is 4.39 Å². The molecule has 1 N–H and O–H groups in total. The highest BCUT2D eigenvalue weighted by Crippen LogP contribution is 2.66. The number of rotatable bonds is 4. The van der Waals surface area contributed by atoms with Crippen LogP contribution in [0.4, 0.5) is 4.39 Å². The highest BCUT2D eigenvalue weighted by atomic mass is 19.1. The molecule has 2 heteroatoms. The predicted molar refractivity (Wildman–Crippen MR) is 76.6 cm³/mol. The molecule has 1 nitrogen and oxygen atoms in total. The van der Waals surface area contributed by atoms with E-state index in [2.05, 4.69) is 5.32 Å². The van der Waals surface area contributed by atoms with Crippen LogP contribution in [-0.4, -0.2) is 6.04 Å². The number of hydrogen-bond donors (Lipinski definition) is 1. The zero-order valence-corrected chi connectivity index (χ0v) is 11.8. The SMILES string of the molecule is Fc1ccc(C(NC2C3C4CCC(C4)C23)C2CC2)cc1. The van der Waals surface area contributed by atoms with Crippen molar-refractivity contribution < 1.29 is 4.39 Å². The third-order valence-electron chi connectivity index (χ3n) is 6.43. The Kier molecular flexibility index (Phi) is 2.39. The largest absolute Gasteiger partial charge is 0.306 e. The highest BCUT2D eigenvalue weighted by Gasteiger charge is 2.65. The standard InChI is InChI=1S/C18H22FN/c19-14-7-5-11(6-8-14)17(10-1-2-10)20-18-15-12-3-4-13(9-12)16(15)18/h5-8,10,12-13,15-18,20H,1-4,9H2. The van der Waals surface area contributed by atoms with E-state index in [0.29, 0.717) is 6.04 Å². The summed E-state index contributed by atoms with van der Waals surface area (Å²) in [4.78, 5) is 0. The maximum absolute atomic E-state index is 13.1. The molecule has 0 aromatic heterocycles. The third-order valence-corrected chi connectivity index (χ3v) is 6.43. The lowest BCUT2D eigenvalue weighted by atomic mass is 10.0. The van der Waals surface area contributed by atoms with Crippen molar-refractivity contribution in [3.05, 3.63) is 35.6 Å². The second kappa shape index (κ2) is 4.07. The average molecular weight is 271 g/mol. The summed E-state index contributed by atoms with van der Waals surface area (Å²) in [7, 11) is 0. The normalized spacial score (nSPS) is 42.5. The van der Waals surface area contributed by atoms with Gasteiger partial charge in [0.25, 0.3) is 0 Å². The van der Waals surface area contributed by atoms with Crippen LogP contribution in [0.2, 0.25) is 0 Å². The third kappa shape index (κ3) is 1.70. The van der Waals surface area contributed by atoms with E-state index in [1.54, 1.807) is 12.1 Å². The first-order chi connectivity index (χ1) is 9.81. The summed E-state index contributed by atoms with van der Waals surface area (Å²) >= 11 is 0. The molecule has 0 spiro atoms. The van der Waals surface area contributed by atoms with E-state index in [1.807, 2.05) is 12.1 Å². The minimum Gasteiger partial charge on any atom is -0.306 e. The molecule has 5 unspecified atom stereocenters. The van der Waals surface area contributed by atoms with E-state index in [4.69, 9.17) is 0 Å². The average Bonchev–Trinajstić information content (AvgIpc) is 3.35. The molecule has 20 heavy (non-hydrogen) atoms. The second-order valence-corrected chi connectivity index (χ2v) is 7.55. The zero-order chi connectivity index (χ0) is 13.3. The van der Waals surface area contributed by atoms with Crippen molar-refractivity contribution in [1.29, 1.82) is 0 Å². The molecule has 4 fully saturated rings. The van der Waals surface area contributed by atoms with Crippen molar-refractivity contribution in [2.45, 2.75) is 44.2 Å². The smallest absolute Gasteiger partial charge is 0.123 e. The minimum absolute atomic E-state index is 0.121. The maximum Gasteiger partial charge on any atom is 0.123 e. The van der Waals surface area contributed by atoms with Crippen molar-refractivity contribution in [1.82, 2.24) is 5.32 Å². The van der Waals surface area contributed by atoms with Gasteiger partial charge in [0.2, 0.25) is 0 Å². The van der Waals surface area contributed by atoms with Crippen LogP contribution in [-0.2, 0) is 0 Å². The van der Waals surface area contributed by atoms with Crippen LogP contribution in [0, 0.1) is 35.4 Å². The lowest BCUT2D eigenvalue weighted by molar-refractivity contribution is 0.399. The number of hydrogen-bond acceptors (Lipinski definition) is 1. The predicted octanol–water partition coefficient (Wildman–Crippen LogP) is 3.91. The summed E-state index contributed by atoms with van der Waals surface area (Å²) in [5.74, 6) is 4.68. The lowest BCUT2D eigenvalue weighted by Crippen LogP contribution is -2.29. The Bertz CT molecular complexity index is 505. The summed E-state index contributed by atoms with van der Waals surface area (Å²) in [5.41, 5.74) is 1.30. The summed E-state index contributed by atoms with van der Waals surface area (Å²) in [6, 6.07) is 8.45. The van der Waals surface area contributed by atoms with Gasteiger partial charge >= 0.3 is 0 Å². The van der Waals surface area contributed by atoms with Crippen molar-refractivity contribution in [2.75, 3.05) is 0 Å². The number of nitrogens with one attached hydrogen (secondary N) is 1. The molecule has 0 aliphatic heterocycles. The van der Waals surface area contributed by atoms with Gasteiger partial charge in [-0.3, -0.25) is 0 Å². The molecule has 5 rings (SSSR count). The summed E-state index contributed by atoms with van der Waals surface area (Å²) in [6.45, 7) is 0. The quantitative estimate of drug-likeness (QED) is 0.875. The molecule has 2 bridgehead atoms. The van der Waals surface area contributed by atoms with Gasteiger partial charge in [-0.05, 0) is 79.4 Å². The van der Waals surface area contributed by atoms with Crippen LogP contribution in [0.25, 0.3) is 0 Å². The monoisotopic (exact) mass is 271 g/mol. The van der Waals surface area contributed by atoms with Crippen molar-refractivity contribution in [2.24, 2.45) is 29.6 Å². The van der Waals surface area contributed by atoms with Gasteiger partial charge in [0, 0.05) is 12.1 Å². The Balaban J connectivity index is 1.35. The van der Waals surface area contributed by atoms with Crippen LogP contribution in [0.15, 0.2) is 24.3 Å². The first kappa shape index (κ1) is 11.7. The zero-order valence-electron chi connectivity index (χ0n) is 11.8. The molecular formula is C18H22FN. The van der Waals surface area contributed by atoms with Gasteiger partial charge in [0.05, 0.1) is 0 Å². The number of halogens is 1. The summed E-state index contributed by atoms with van der Waals surface area (Å²) in [5, 5.41) is 3.97. The summed E-state index contributed by atoms with van der Waals surface area (Å²) < 4.78 is 13.1. The van der Waals surface area contributed by atoms with Gasteiger partial charge < -0.3 is 5.32 Å². The Labute approximate surface area is 120 Å². The molecule has 0 heterocycles. The van der Waals surface area contributed by atoms with Crippen LogP contribution in [0.3, 0.4) is 0 Å². The van der Waals surface area contributed by atoms with Crippen molar-refractivity contribution >= 4 is 0 Å². The van der Waals surface area contributed by atoms with Crippen molar-refractivity contribution in [3.8, 4) is 0 Å². The Morgan fingerprint density at radius 2 is 1.60 bits per heavy atom. The topological polar surface area (TPSA) is 12.0 Å². The van der Waals surface area contributed by atoms with Crippen LogP contribution in [0.5, 0.6) is 0 Å². The molecule has 0 amide bonds.